The zero-order valence-electron chi connectivity index (χ0n) is 18.3. The van der Waals surface area contributed by atoms with Crippen molar-refractivity contribution in [3.63, 3.8) is 0 Å². The molecule has 2 rings (SSSR count). The van der Waals surface area contributed by atoms with E-state index in [9.17, 15) is 0 Å². The van der Waals surface area contributed by atoms with Gasteiger partial charge in [-0.3, -0.25) is 4.99 Å². The molecule has 0 aliphatic carbocycles. The van der Waals surface area contributed by atoms with E-state index in [0.29, 0.717) is 19.1 Å². The number of guanidine groups is 1. The first-order valence-electron chi connectivity index (χ1n) is 10.7. The Morgan fingerprint density at radius 3 is 2.69 bits per heavy atom. The van der Waals surface area contributed by atoms with Crippen LogP contribution in [0, 0.1) is 5.92 Å². The number of hydrogen-bond acceptors (Lipinski definition) is 4. The highest BCUT2D eigenvalue weighted by molar-refractivity contribution is 14.0. The van der Waals surface area contributed by atoms with Gasteiger partial charge >= 0.3 is 0 Å². The molecule has 0 amide bonds. The highest BCUT2D eigenvalue weighted by atomic mass is 127. The molecule has 2 N–H and O–H groups in total. The average molecular weight is 518 g/mol. The predicted octanol–water partition coefficient (Wildman–Crippen LogP) is 4.22. The number of rotatable bonds is 11. The van der Waals surface area contributed by atoms with Gasteiger partial charge in [0, 0.05) is 45.0 Å². The van der Waals surface area contributed by atoms with Crippen LogP contribution < -0.4 is 15.4 Å². The second-order valence-corrected chi connectivity index (χ2v) is 7.35. The molecular formula is C22H39IN4O2. The van der Waals surface area contributed by atoms with Crippen LogP contribution in [-0.4, -0.2) is 63.9 Å². The Morgan fingerprint density at radius 2 is 2.00 bits per heavy atom. The first kappa shape index (κ1) is 26.0. The van der Waals surface area contributed by atoms with Crippen molar-refractivity contribution >= 4 is 35.6 Å². The number of hydrogen-bond donors (Lipinski definition) is 2. The second-order valence-electron chi connectivity index (χ2n) is 7.35. The number of benzene rings is 1. The van der Waals surface area contributed by atoms with E-state index in [1.165, 1.54) is 38.9 Å². The summed E-state index contributed by atoms with van der Waals surface area (Å²) in [6.45, 7) is 11.1. The van der Waals surface area contributed by atoms with Crippen LogP contribution in [-0.2, 0) is 4.74 Å². The Hall–Kier alpha value is -1.06. The van der Waals surface area contributed by atoms with E-state index in [1.54, 1.807) is 7.11 Å². The van der Waals surface area contributed by atoms with Crippen molar-refractivity contribution in [3.8, 4) is 5.75 Å². The maximum Gasteiger partial charge on any atom is 0.195 e. The molecule has 0 bridgehead atoms. The summed E-state index contributed by atoms with van der Waals surface area (Å²) < 4.78 is 10.8. The molecule has 1 aromatic rings. The third-order valence-electron chi connectivity index (χ3n) is 4.96. The number of ether oxygens (including phenoxy) is 2. The van der Waals surface area contributed by atoms with Gasteiger partial charge in [-0.25, -0.2) is 0 Å². The standard InChI is InChI=1S/C22H38N4O2.HI/c1-4-12-26-13-10-19(11-14-26)18-24-22(23-5-2)25-20-8-6-9-21(17-20)28-16-7-15-27-3;/h6,8-9,17,19H,4-5,7,10-16,18H2,1-3H3,(H2,23,24,25);1H. The van der Waals surface area contributed by atoms with Crippen molar-refractivity contribution in [1.82, 2.24) is 10.2 Å². The third-order valence-corrected chi connectivity index (χ3v) is 4.96. The van der Waals surface area contributed by atoms with Crippen LogP contribution in [0.1, 0.15) is 39.5 Å². The molecule has 0 radical (unpaired) electrons. The lowest BCUT2D eigenvalue weighted by atomic mass is 9.97. The molecule has 1 heterocycles. The van der Waals surface area contributed by atoms with E-state index in [0.717, 1.165) is 36.9 Å². The number of aliphatic imine (C=N–C) groups is 1. The van der Waals surface area contributed by atoms with Gasteiger partial charge in [-0.05, 0) is 63.9 Å². The van der Waals surface area contributed by atoms with Crippen molar-refractivity contribution in [2.45, 2.75) is 39.5 Å². The monoisotopic (exact) mass is 518 g/mol. The van der Waals surface area contributed by atoms with E-state index in [4.69, 9.17) is 14.5 Å². The number of piperidine rings is 1. The van der Waals surface area contributed by atoms with Gasteiger partial charge in [0.15, 0.2) is 5.96 Å². The Kier molecular flexibility index (Phi) is 14.1. The Labute approximate surface area is 193 Å². The first-order chi connectivity index (χ1) is 13.7. The fourth-order valence-electron chi connectivity index (χ4n) is 3.43. The smallest absolute Gasteiger partial charge is 0.195 e. The molecule has 7 heteroatoms. The van der Waals surface area contributed by atoms with Crippen LogP contribution in [0.5, 0.6) is 5.75 Å². The maximum atomic E-state index is 5.79. The lowest BCUT2D eigenvalue weighted by molar-refractivity contribution is 0.172. The third kappa shape index (κ3) is 10.5. The van der Waals surface area contributed by atoms with Gasteiger partial charge in [0.1, 0.15) is 5.75 Å². The number of methoxy groups -OCH3 is 1. The summed E-state index contributed by atoms with van der Waals surface area (Å²) >= 11 is 0. The zero-order valence-corrected chi connectivity index (χ0v) is 20.6. The highest BCUT2D eigenvalue weighted by Gasteiger charge is 2.18. The predicted molar refractivity (Wildman–Crippen MR) is 133 cm³/mol. The summed E-state index contributed by atoms with van der Waals surface area (Å²) in [5.74, 6) is 2.38. The lowest BCUT2D eigenvalue weighted by Crippen LogP contribution is -2.36. The van der Waals surface area contributed by atoms with Crippen LogP contribution >= 0.6 is 24.0 Å². The van der Waals surface area contributed by atoms with Crippen LogP contribution in [0.2, 0.25) is 0 Å². The van der Waals surface area contributed by atoms with Crippen molar-refractivity contribution in [1.29, 1.82) is 0 Å². The molecule has 1 fully saturated rings. The minimum Gasteiger partial charge on any atom is -0.493 e. The molecule has 6 nitrogen and oxygen atoms in total. The van der Waals surface area contributed by atoms with Crippen LogP contribution in [0.15, 0.2) is 29.3 Å². The topological polar surface area (TPSA) is 58.1 Å². The van der Waals surface area contributed by atoms with Crippen LogP contribution in [0.4, 0.5) is 5.69 Å². The number of nitrogens with one attached hydrogen (secondary N) is 2. The molecule has 1 aromatic carbocycles. The Morgan fingerprint density at radius 1 is 1.21 bits per heavy atom. The minimum atomic E-state index is 0. The molecule has 1 saturated heterocycles. The molecule has 0 aromatic heterocycles. The van der Waals surface area contributed by atoms with E-state index < -0.39 is 0 Å². The first-order valence-corrected chi connectivity index (χ1v) is 10.7. The van der Waals surface area contributed by atoms with Gasteiger partial charge < -0.3 is 25.0 Å². The van der Waals surface area contributed by atoms with Gasteiger partial charge in [-0.2, -0.15) is 0 Å². The summed E-state index contributed by atoms with van der Waals surface area (Å²) in [5.41, 5.74) is 0.988. The number of likely N-dealkylation sites (tertiary alicyclic amines) is 1. The van der Waals surface area contributed by atoms with Gasteiger partial charge in [-0.15, -0.1) is 24.0 Å². The second kappa shape index (κ2) is 15.7. The minimum absolute atomic E-state index is 0. The van der Waals surface area contributed by atoms with Crippen molar-refractivity contribution in [3.05, 3.63) is 24.3 Å². The quantitative estimate of drug-likeness (QED) is 0.199. The summed E-state index contributed by atoms with van der Waals surface area (Å²) in [7, 11) is 1.71. The van der Waals surface area contributed by atoms with E-state index in [-0.39, 0.29) is 24.0 Å². The van der Waals surface area contributed by atoms with E-state index in [1.807, 2.05) is 24.3 Å². The molecule has 1 aliphatic heterocycles. The van der Waals surface area contributed by atoms with Crippen molar-refractivity contribution in [2.24, 2.45) is 10.9 Å². The summed E-state index contributed by atoms with van der Waals surface area (Å²) in [6, 6.07) is 8.04. The van der Waals surface area contributed by atoms with Gasteiger partial charge in [-0.1, -0.05) is 13.0 Å². The molecular weight excluding hydrogens is 479 g/mol. The van der Waals surface area contributed by atoms with Crippen molar-refractivity contribution in [2.75, 3.05) is 58.4 Å². The fourth-order valence-corrected chi connectivity index (χ4v) is 3.43. The maximum absolute atomic E-state index is 5.79. The zero-order chi connectivity index (χ0) is 20.0. The van der Waals surface area contributed by atoms with Crippen LogP contribution in [0.25, 0.3) is 0 Å². The number of anilines is 1. The highest BCUT2D eigenvalue weighted by Crippen LogP contribution is 2.19. The Balaban J connectivity index is 0.00000420. The van der Waals surface area contributed by atoms with Crippen LogP contribution in [0.3, 0.4) is 0 Å². The molecule has 0 unspecified atom stereocenters. The lowest BCUT2D eigenvalue weighted by Gasteiger charge is -2.31. The van der Waals surface area contributed by atoms with E-state index >= 15 is 0 Å². The molecule has 0 atom stereocenters. The summed E-state index contributed by atoms with van der Waals surface area (Å²) in [4.78, 5) is 7.41. The molecule has 29 heavy (non-hydrogen) atoms. The SMILES string of the molecule is CCCN1CCC(CN=C(NCC)Nc2cccc(OCCCOC)c2)CC1.I. The normalized spacial score (nSPS) is 15.6. The van der Waals surface area contributed by atoms with Gasteiger partial charge in [0.2, 0.25) is 0 Å². The van der Waals surface area contributed by atoms with Gasteiger partial charge in [0.05, 0.1) is 6.61 Å². The summed E-state index contributed by atoms with van der Waals surface area (Å²) in [5, 5.41) is 6.76. The fraction of sp³-hybridized carbons (Fsp3) is 0.682. The van der Waals surface area contributed by atoms with E-state index in [2.05, 4.69) is 29.4 Å². The number of nitrogens with zero attached hydrogens (tertiary/aromatic N) is 2. The molecule has 1 aliphatic rings. The average Bonchev–Trinajstić information content (AvgIpc) is 2.71. The Bertz CT molecular complexity index is 578. The largest absolute Gasteiger partial charge is 0.493 e. The van der Waals surface area contributed by atoms with Crippen molar-refractivity contribution < 1.29 is 9.47 Å². The summed E-state index contributed by atoms with van der Waals surface area (Å²) in [6.07, 6.45) is 4.61. The molecule has 0 spiro atoms. The van der Waals surface area contributed by atoms with Gasteiger partial charge in [0.25, 0.3) is 0 Å². The molecule has 0 saturated carbocycles. The molecule has 166 valence electrons. The number of halogens is 1.